The molecule has 78 valence electrons. The van der Waals surface area contributed by atoms with Crippen molar-refractivity contribution in [3.63, 3.8) is 0 Å². The molecule has 3 N–H and O–H groups in total. The van der Waals surface area contributed by atoms with Gasteiger partial charge in [-0.25, -0.2) is 22.0 Å². The van der Waals surface area contributed by atoms with Gasteiger partial charge in [0.2, 0.25) is 0 Å². The first-order valence-corrected chi connectivity index (χ1v) is 3.42. The van der Waals surface area contributed by atoms with Crippen molar-refractivity contribution >= 4 is 5.69 Å². The standard InChI is InChI=1S/C7H5F5N2/c8-1-2-3(9)5(11)7(14-13)6(12)4(2)10/h14H,1,13H2. The van der Waals surface area contributed by atoms with Crippen molar-refractivity contribution in [3.05, 3.63) is 28.8 Å². The number of nitrogen functional groups attached to an aromatic ring is 1. The molecule has 0 aliphatic heterocycles. The van der Waals surface area contributed by atoms with Crippen LogP contribution >= 0.6 is 0 Å². The fourth-order valence-corrected chi connectivity index (χ4v) is 0.921. The summed E-state index contributed by atoms with van der Waals surface area (Å²) in [5, 5.41) is 0. The maximum atomic E-state index is 12.8. The predicted molar refractivity (Wildman–Crippen MR) is 38.9 cm³/mol. The van der Waals surface area contributed by atoms with E-state index in [4.69, 9.17) is 0 Å². The van der Waals surface area contributed by atoms with E-state index in [2.05, 4.69) is 5.84 Å². The Morgan fingerprint density at radius 2 is 1.36 bits per heavy atom. The Kier molecular flexibility index (Phi) is 2.90. The summed E-state index contributed by atoms with van der Waals surface area (Å²) in [6, 6.07) is 0. The van der Waals surface area contributed by atoms with E-state index < -0.39 is 41.2 Å². The minimum Gasteiger partial charge on any atom is -0.319 e. The number of hydrogen-bond acceptors (Lipinski definition) is 2. The summed E-state index contributed by atoms with van der Waals surface area (Å²) < 4.78 is 63.1. The van der Waals surface area contributed by atoms with Crippen molar-refractivity contribution in [1.29, 1.82) is 0 Å². The van der Waals surface area contributed by atoms with E-state index in [9.17, 15) is 22.0 Å². The molecule has 14 heavy (non-hydrogen) atoms. The van der Waals surface area contributed by atoms with Crippen LogP contribution in [0.15, 0.2) is 0 Å². The Bertz CT molecular complexity index is 302. The summed E-state index contributed by atoms with van der Waals surface area (Å²) >= 11 is 0. The van der Waals surface area contributed by atoms with Gasteiger partial charge in [-0.2, -0.15) is 0 Å². The number of hydrogen-bond donors (Lipinski definition) is 2. The molecule has 1 aromatic carbocycles. The Balaban J connectivity index is 3.55. The lowest BCUT2D eigenvalue weighted by atomic mass is 10.1. The lowest BCUT2D eigenvalue weighted by Gasteiger charge is -2.08. The highest BCUT2D eigenvalue weighted by Crippen LogP contribution is 2.27. The molecule has 0 saturated carbocycles. The highest BCUT2D eigenvalue weighted by atomic mass is 19.2. The molecule has 0 aliphatic carbocycles. The number of nitrogens with two attached hydrogens (primary N) is 1. The molecule has 0 atom stereocenters. The molecule has 7 heteroatoms. The Hall–Kier alpha value is -1.37. The summed E-state index contributed by atoms with van der Waals surface area (Å²) in [6.45, 7) is -1.64. The molecule has 2 nitrogen and oxygen atoms in total. The summed E-state index contributed by atoms with van der Waals surface area (Å²) in [5.41, 5.74) is -1.02. The van der Waals surface area contributed by atoms with E-state index in [-0.39, 0.29) is 0 Å². The van der Waals surface area contributed by atoms with Crippen molar-refractivity contribution in [2.45, 2.75) is 6.67 Å². The maximum absolute atomic E-state index is 12.8. The number of alkyl halides is 1. The summed E-state index contributed by atoms with van der Waals surface area (Å²) in [6.07, 6.45) is 0. The van der Waals surface area contributed by atoms with E-state index in [1.54, 1.807) is 0 Å². The SMILES string of the molecule is NNc1c(F)c(F)c(CF)c(F)c1F. The maximum Gasteiger partial charge on any atom is 0.186 e. The van der Waals surface area contributed by atoms with Gasteiger partial charge in [0.05, 0.1) is 5.56 Å². The number of hydrazine groups is 1. The molecule has 0 fully saturated rings. The third-order valence-electron chi connectivity index (χ3n) is 1.63. The lowest BCUT2D eigenvalue weighted by Crippen LogP contribution is -2.14. The molecular weight excluding hydrogens is 207 g/mol. The van der Waals surface area contributed by atoms with Crippen LogP contribution in [0.4, 0.5) is 27.6 Å². The van der Waals surface area contributed by atoms with Gasteiger partial charge in [-0.1, -0.05) is 0 Å². The molecule has 0 spiro atoms. The molecule has 0 aromatic heterocycles. The highest BCUT2D eigenvalue weighted by molar-refractivity contribution is 5.48. The van der Waals surface area contributed by atoms with Crippen LogP contribution in [-0.2, 0) is 6.67 Å². The first kappa shape index (κ1) is 10.7. The van der Waals surface area contributed by atoms with Crippen LogP contribution in [0, 0.1) is 23.3 Å². The molecule has 0 radical (unpaired) electrons. The quantitative estimate of drug-likeness (QED) is 0.340. The van der Waals surface area contributed by atoms with E-state index in [0.717, 1.165) is 0 Å². The molecule has 0 amide bonds. The number of halogens is 5. The van der Waals surface area contributed by atoms with Crippen molar-refractivity contribution < 1.29 is 22.0 Å². The lowest BCUT2D eigenvalue weighted by molar-refractivity contribution is 0.398. The van der Waals surface area contributed by atoms with Gasteiger partial charge in [0.15, 0.2) is 23.3 Å². The van der Waals surface area contributed by atoms with Crippen molar-refractivity contribution in [1.82, 2.24) is 0 Å². The fourth-order valence-electron chi connectivity index (χ4n) is 0.921. The van der Waals surface area contributed by atoms with Crippen molar-refractivity contribution in [3.8, 4) is 0 Å². The first-order valence-electron chi connectivity index (χ1n) is 3.42. The van der Waals surface area contributed by atoms with Crippen LogP contribution in [0.25, 0.3) is 0 Å². The zero-order chi connectivity index (χ0) is 10.9. The predicted octanol–water partition coefficient (Wildman–Crippen LogP) is 2.00. The van der Waals surface area contributed by atoms with Crippen LogP contribution < -0.4 is 11.3 Å². The Labute approximate surface area is 75.5 Å². The Morgan fingerprint density at radius 1 is 0.929 bits per heavy atom. The van der Waals surface area contributed by atoms with Gasteiger partial charge >= 0.3 is 0 Å². The molecular formula is C7H5F5N2. The van der Waals surface area contributed by atoms with E-state index in [0.29, 0.717) is 0 Å². The molecule has 0 unspecified atom stereocenters. The molecule has 0 heterocycles. The van der Waals surface area contributed by atoms with Gasteiger partial charge in [0.25, 0.3) is 0 Å². The van der Waals surface area contributed by atoms with Crippen LogP contribution in [0.1, 0.15) is 5.56 Å². The number of rotatable bonds is 2. The van der Waals surface area contributed by atoms with E-state index >= 15 is 0 Å². The van der Waals surface area contributed by atoms with Gasteiger partial charge < -0.3 is 5.43 Å². The average Bonchev–Trinajstić information content (AvgIpc) is 2.17. The van der Waals surface area contributed by atoms with Crippen LogP contribution in [0.2, 0.25) is 0 Å². The van der Waals surface area contributed by atoms with E-state index in [1.165, 1.54) is 5.43 Å². The topological polar surface area (TPSA) is 38.0 Å². The van der Waals surface area contributed by atoms with Crippen molar-refractivity contribution in [2.75, 3.05) is 5.43 Å². The van der Waals surface area contributed by atoms with Crippen LogP contribution in [0.3, 0.4) is 0 Å². The van der Waals surface area contributed by atoms with Crippen LogP contribution in [-0.4, -0.2) is 0 Å². The average molecular weight is 212 g/mol. The zero-order valence-corrected chi connectivity index (χ0v) is 6.67. The fraction of sp³-hybridized carbons (Fsp3) is 0.143. The van der Waals surface area contributed by atoms with Crippen LogP contribution in [0.5, 0.6) is 0 Å². The highest BCUT2D eigenvalue weighted by Gasteiger charge is 2.24. The van der Waals surface area contributed by atoms with Gasteiger partial charge in [-0.05, 0) is 0 Å². The third kappa shape index (κ3) is 1.39. The number of nitrogens with one attached hydrogen (secondary N) is 1. The van der Waals surface area contributed by atoms with Gasteiger partial charge in [-0.15, -0.1) is 0 Å². The normalized spacial score (nSPS) is 10.4. The van der Waals surface area contributed by atoms with Gasteiger partial charge in [0.1, 0.15) is 12.4 Å². The second kappa shape index (κ2) is 3.79. The summed E-state index contributed by atoms with van der Waals surface area (Å²) in [4.78, 5) is 0. The largest absolute Gasteiger partial charge is 0.319 e. The second-order valence-electron chi connectivity index (χ2n) is 2.39. The third-order valence-corrected chi connectivity index (χ3v) is 1.63. The molecule has 0 bridgehead atoms. The van der Waals surface area contributed by atoms with E-state index in [1.807, 2.05) is 0 Å². The number of anilines is 1. The molecule has 1 rings (SSSR count). The second-order valence-corrected chi connectivity index (χ2v) is 2.39. The van der Waals surface area contributed by atoms with Gasteiger partial charge in [0, 0.05) is 0 Å². The summed E-state index contributed by atoms with van der Waals surface area (Å²) in [7, 11) is 0. The smallest absolute Gasteiger partial charge is 0.186 e. The van der Waals surface area contributed by atoms with Gasteiger partial charge in [-0.3, -0.25) is 5.84 Å². The molecule has 0 saturated heterocycles. The molecule has 1 aromatic rings. The monoisotopic (exact) mass is 212 g/mol. The Morgan fingerprint density at radius 3 is 1.64 bits per heavy atom. The van der Waals surface area contributed by atoms with Crippen molar-refractivity contribution in [2.24, 2.45) is 5.84 Å². The first-order chi connectivity index (χ1) is 6.54. The zero-order valence-electron chi connectivity index (χ0n) is 6.67. The minimum absolute atomic E-state index is 1.17. The number of benzene rings is 1. The summed E-state index contributed by atoms with van der Waals surface area (Å²) in [5.74, 6) is -2.46. The molecule has 0 aliphatic rings. The minimum atomic E-state index is -1.79.